The zero-order valence-corrected chi connectivity index (χ0v) is 31.3. The van der Waals surface area contributed by atoms with Gasteiger partial charge in [-0.1, -0.05) is 77.5 Å². The maximum atomic E-state index is 12.4. The van der Waals surface area contributed by atoms with Crippen LogP contribution in [-0.2, 0) is 28.6 Å². The largest absolute Gasteiger partial charge is 0.460 e. The van der Waals surface area contributed by atoms with Crippen LogP contribution in [0.15, 0.2) is 36.5 Å². The summed E-state index contributed by atoms with van der Waals surface area (Å²) < 4.78 is 16.8. The van der Waals surface area contributed by atoms with Gasteiger partial charge in [0.2, 0.25) is 17.8 Å². The molecule has 0 unspecified atom stereocenters. The number of anilines is 3. The monoisotopic (exact) mass is 708 g/mol. The van der Waals surface area contributed by atoms with E-state index in [-0.39, 0.29) is 37.9 Å². The van der Waals surface area contributed by atoms with E-state index in [2.05, 4.69) is 34.4 Å². The highest BCUT2D eigenvalue weighted by molar-refractivity contribution is 5.87. The first-order valence-corrected chi connectivity index (χ1v) is 19.1. The molecule has 12 nitrogen and oxygen atoms in total. The molecule has 51 heavy (non-hydrogen) atoms. The first-order valence-electron chi connectivity index (χ1n) is 19.1. The standard InChI is InChI=1S/C39H60N6O6/c1-28(2)34(46)49-25-22-43(31-16-10-7-11-17-31)37-40-38(44(32-18-12-8-13-19-32)23-26-50-35(47)29(3)4)42-39(41-37)45(33-20-14-9-15-21-33)24-27-51-36(48)30(5)6/h31-33H,1,3,5,7-27H2,2,4,6H3. The van der Waals surface area contributed by atoms with Gasteiger partial charge in [-0.3, -0.25) is 0 Å². The van der Waals surface area contributed by atoms with Crippen molar-refractivity contribution in [1.29, 1.82) is 0 Å². The zero-order valence-electron chi connectivity index (χ0n) is 31.3. The van der Waals surface area contributed by atoms with Crippen LogP contribution in [0.4, 0.5) is 17.8 Å². The minimum absolute atomic E-state index is 0.171. The Kier molecular flexibility index (Phi) is 15.8. The van der Waals surface area contributed by atoms with Crippen molar-refractivity contribution < 1.29 is 28.6 Å². The first kappa shape index (κ1) is 39.8. The van der Waals surface area contributed by atoms with Crippen molar-refractivity contribution in [1.82, 2.24) is 15.0 Å². The smallest absolute Gasteiger partial charge is 0.333 e. The maximum Gasteiger partial charge on any atom is 0.333 e. The molecule has 0 saturated heterocycles. The van der Waals surface area contributed by atoms with Crippen molar-refractivity contribution in [2.45, 2.75) is 135 Å². The molecule has 1 aromatic heterocycles. The number of hydrogen-bond donors (Lipinski definition) is 0. The van der Waals surface area contributed by atoms with Gasteiger partial charge in [0, 0.05) is 34.8 Å². The molecule has 1 heterocycles. The van der Waals surface area contributed by atoms with Crippen LogP contribution < -0.4 is 14.7 Å². The molecule has 0 radical (unpaired) electrons. The van der Waals surface area contributed by atoms with Gasteiger partial charge in [-0.2, -0.15) is 15.0 Å². The Morgan fingerprint density at radius 3 is 0.941 bits per heavy atom. The van der Waals surface area contributed by atoms with Gasteiger partial charge >= 0.3 is 17.9 Å². The fourth-order valence-electron chi connectivity index (χ4n) is 7.32. The minimum atomic E-state index is -0.420. The van der Waals surface area contributed by atoms with Gasteiger partial charge in [0.1, 0.15) is 19.8 Å². The molecular formula is C39H60N6O6. The molecule has 3 fully saturated rings. The number of aromatic nitrogens is 3. The topological polar surface area (TPSA) is 127 Å². The molecule has 0 bridgehead atoms. The van der Waals surface area contributed by atoms with E-state index < -0.39 is 17.9 Å². The summed E-state index contributed by atoms with van der Waals surface area (Å²) in [5, 5.41) is 0. The van der Waals surface area contributed by atoms with Gasteiger partial charge in [0.25, 0.3) is 0 Å². The predicted molar refractivity (Wildman–Crippen MR) is 200 cm³/mol. The summed E-state index contributed by atoms with van der Waals surface area (Å²) in [4.78, 5) is 59.3. The van der Waals surface area contributed by atoms with Gasteiger partial charge in [-0.05, 0) is 59.3 Å². The molecule has 0 N–H and O–H groups in total. The van der Waals surface area contributed by atoms with E-state index in [1.165, 1.54) is 19.3 Å². The molecule has 0 amide bonds. The van der Waals surface area contributed by atoms with Crippen molar-refractivity contribution in [2.75, 3.05) is 54.2 Å². The lowest BCUT2D eigenvalue weighted by Gasteiger charge is -2.39. The third kappa shape index (κ3) is 12.1. The second kappa shape index (κ2) is 20.2. The first-order chi connectivity index (χ1) is 24.5. The van der Waals surface area contributed by atoms with Crippen molar-refractivity contribution in [3.8, 4) is 0 Å². The number of ether oxygens (including phenoxy) is 3. The Bertz CT molecular complexity index is 1190. The van der Waals surface area contributed by atoms with Gasteiger partial charge in [-0.25, -0.2) is 14.4 Å². The van der Waals surface area contributed by atoms with Crippen LogP contribution >= 0.6 is 0 Å². The Hall–Kier alpha value is -3.96. The van der Waals surface area contributed by atoms with Crippen LogP contribution in [0.3, 0.4) is 0 Å². The van der Waals surface area contributed by atoms with Gasteiger partial charge < -0.3 is 28.9 Å². The zero-order chi connectivity index (χ0) is 36.8. The summed E-state index contributed by atoms with van der Waals surface area (Å²) >= 11 is 0. The Labute approximate surface area is 304 Å². The average molecular weight is 709 g/mol. The lowest BCUT2D eigenvalue weighted by atomic mass is 9.94. The third-order valence-electron chi connectivity index (χ3n) is 10.2. The number of rotatable bonds is 18. The van der Waals surface area contributed by atoms with E-state index in [1.807, 2.05) is 0 Å². The molecule has 3 aliphatic carbocycles. The van der Waals surface area contributed by atoms with E-state index >= 15 is 0 Å². The van der Waals surface area contributed by atoms with Gasteiger partial charge in [-0.15, -0.1) is 0 Å². The lowest BCUT2D eigenvalue weighted by Crippen LogP contribution is -2.45. The van der Waals surface area contributed by atoms with E-state index in [0.717, 1.165) is 77.0 Å². The van der Waals surface area contributed by atoms with Crippen molar-refractivity contribution >= 4 is 35.8 Å². The second-order valence-corrected chi connectivity index (χ2v) is 14.4. The number of carbonyl (C=O) groups excluding carboxylic acids is 3. The molecule has 0 aliphatic heterocycles. The summed E-state index contributed by atoms with van der Waals surface area (Å²) in [6, 6.07) is 0.513. The lowest BCUT2D eigenvalue weighted by molar-refractivity contribution is -0.139. The van der Waals surface area contributed by atoms with Crippen LogP contribution in [0.1, 0.15) is 117 Å². The van der Waals surface area contributed by atoms with Gasteiger partial charge in [0.15, 0.2) is 0 Å². The molecular weight excluding hydrogens is 648 g/mol. The summed E-state index contributed by atoms with van der Waals surface area (Å²) in [7, 11) is 0. The van der Waals surface area contributed by atoms with Crippen molar-refractivity contribution in [3.05, 3.63) is 36.5 Å². The minimum Gasteiger partial charge on any atom is -0.460 e. The maximum absolute atomic E-state index is 12.4. The highest BCUT2D eigenvalue weighted by Crippen LogP contribution is 2.32. The molecule has 0 spiro atoms. The highest BCUT2D eigenvalue weighted by Gasteiger charge is 2.32. The summed E-state index contributed by atoms with van der Waals surface area (Å²) in [6.45, 7) is 17.9. The summed E-state index contributed by atoms with van der Waals surface area (Å²) in [5.74, 6) is 0.344. The van der Waals surface area contributed by atoms with Crippen LogP contribution in [0.2, 0.25) is 0 Å². The highest BCUT2D eigenvalue weighted by atomic mass is 16.5. The molecule has 3 saturated carbocycles. The van der Waals surface area contributed by atoms with Crippen LogP contribution in [0, 0.1) is 0 Å². The van der Waals surface area contributed by atoms with Crippen LogP contribution in [-0.4, -0.2) is 90.4 Å². The molecule has 282 valence electrons. The SMILES string of the molecule is C=C(C)C(=O)OCCN(c1nc(N(CCOC(=O)C(=C)C)C2CCCCC2)nc(N(CCOC(=O)C(=C)C)C2CCCCC2)n1)C1CCCCC1. The Balaban J connectivity index is 1.79. The molecule has 0 aromatic carbocycles. The van der Waals surface area contributed by atoms with Crippen LogP contribution in [0.5, 0.6) is 0 Å². The van der Waals surface area contributed by atoms with E-state index in [4.69, 9.17) is 29.2 Å². The summed E-state index contributed by atoms with van der Waals surface area (Å²) in [6.07, 6.45) is 16.0. The predicted octanol–water partition coefficient (Wildman–Crippen LogP) is 6.65. The number of carbonyl (C=O) groups is 3. The quantitative estimate of drug-likeness (QED) is 0.0921. The molecule has 4 rings (SSSR count). The van der Waals surface area contributed by atoms with Crippen molar-refractivity contribution in [2.24, 2.45) is 0 Å². The number of nitrogens with zero attached hydrogens (tertiary/aromatic N) is 6. The number of esters is 3. The molecule has 12 heteroatoms. The second-order valence-electron chi connectivity index (χ2n) is 14.4. The summed E-state index contributed by atoms with van der Waals surface area (Å²) in [5.41, 5.74) is 1.07. The van der Waals surface area contributed by atoms with E-state index in [0.29, 0.717) is 54.2 Å². The van der Waals surface area contributed by atoms with Gasteiger partial charge in [0.05, 0.1) is 19.6 Å². The normalized spacial score (nSPS) is 17.2. The Morgan fingerprint density at radius 1 is 0.490 bits per heavy atom. The van der Waals surface area contributed by atoms with E-state index in [9.17, 15) is 14.4 Å². The molecule has 0 atom stereocenters. The average Bonchev–Trinajstić information content (AvgIpc) is 3.14. The fourth-order valence-corrected chi connectivity index (χ4v) is 7.32. The molecule has 1 aromatic rings. The van der Waals surface area contributed by atoms with Crippen molar-refractivity contribution in [3.63, 3.8) is 0 Å². The Morgan fingerprint density at radius 2 is 0.725 bits per heavy atom. The molecule has 3 aliphatic rings. The third-order valence-corrected chi connectivity index (χ3v) is 10.2. The van der Waals surface area contributed by atoms with E-state index in [1.54, 1.807) is 20.8 Å². The fraction of sp³-hybridized carbons (Fsp3) is 0.692. The number of hydrogen-bond acceptors (Lipinski definition) is 12. The van der Waals surface area contributed by atoms with Crippen LogP contribution in [0.25, 0.3) is 0 Å².